The normalized spacial score (nSPS) is 16.2. The fraction of sp³-hybridized carbons (Fsp3) is 0.357. The predicted molar refractivity (Wildman–Crippen MR) is 143 cm³/mol. The Bertz CT molecular complexity index is 1400. The molecule has 3 aromatic rings. The molecule has 1 aromatic heterocycles. The Balaban J connectivity index is 1.36. The topological polar surface area (TPSA) is 90.5 Å². The Labute approximate surface area is 224 Å². The summed E-state index contributed by atoms with van der Waals surface area (Å²) in [6, 6.07) is 9.28. The molecule has 0 radical (unpaired) electrons. The molecule has 39 heavy (non-hydrogen) atoms. The minimum absolute atomic E-state index is 0.121. The van der Waals surface area contributed by atoms with Gasteiger partial charge in [-0.15, -0.1) is 0 Å². The molecule has 1 saturated carbocycles. The monoisotopic (exact) mass is 538 g/mol. The van der Waals surface area contributed by atoms with Gasteiger partial charge in [0.2, 0.25) is 5.95 Å². The van der Waals surface area contributed by atoms with Gasteiger partial charge in [0, 0.05) is 36.1 Å². The molecule has 5 rings (SSSR count). The van der Waals surface area contributed by atoms with Gasteiger partial charge >= 0.3 is 12.2 Å². The third-order valence-electron chi connectivity index (χ3n) is 7.15. The maximum Gasteiger partial charge on any atom is 0.416 e. The lowest BCUT2D eigenvalue weighted by atomic mass is 9.96. The predicted octanol–water partition coefficient (Wildman–Crippen LogP) is 6.38. The number of nitrogens with one attached hydrogen (secondary N) is 2. The van der Waals surface area contributed by atoms with Crippen LogP contribution in [0.25, 0.3) is 0 Å². The highest BCUT2D eigenvalue weighted by atomic mass is 19.4. The van der Waals surface area contributed by atoms with Crippen molar-refractivity contribution in [2.45, 2.75) is 57.8 Å². The molecule has 0 saturated heterocycles. The number of hydrogen-bond donors (Lipinski definition) is 2. The maximum atomic E-state index is 13.4. The van der Waals surface area contributed by atoms with Crippen molar-refractivity contribution in [1.82, 2.24) is 9.97 Å². The fourth-order valence-electron chi connectivity index (χ4n) is 5.01. The molecule has 2 aromatic carbocycles. The van der Waals surface area contributed by atoms with E-state index in [2.05, 4.69) is 20.6 Å². The zero-order valence-corrected chi connectivity index (χ0v) is 21.7. The number of anilines is 4. The average Bonchev–Trinajstić information content (AvgIpc) is 2.92. The number of halogens is 3. The number of amides is 3. The van der Waals surface area contributed by atoms with Crippen LogP contribution >= 0.6 is 0 Å². The lowest BCUT2D eigenvalue weighted by Crippen LogP contribution is -2.46. The lowest BCUT2D eigenvalue weighted by Gasteiger charge is -2.35. The summed E-state index contributed by atoms with van der Waals surface area (Å²) in [7, 11) is 1.65. The number of aromatic nitrogens is 2. The van der Waals surface area contributed by atoms with Gasteiger partial charge in [0.1, 0.15) is 5.82 Å². The third kappa shape index (κ3) is 5.67. The Morgan fingerprint density at radius 1 is 1.08 bits per heavy atom. The van der Waals surface area contributed by atoms with Crippen LogP contribution in [0.2, 0.25) is 0 Å². The number of rotatable bonds is 5. The maximum absolute atomic E-state index is 13.4. The summed E-state index contributed by atoms with van der Waals surface area (Å²) in [6.07, 6.45) is 2.90. The van der Waals surface area contributed by atoms with Crippen LogP contribution in [0.1, 0.15) is 59.2 Å². The summed E-state index contributed by atoms with van der Waals surface area (Å²) in [5.41, 5.74) is 1.44. The van der Waals surface area contributed by atoms with Crippen molar-refractivity contribution in [3.63, 3.8) is 0 Å². The summed E-state index contributed by atoms with van der Waals surface area (Å²) < 4.78 is 39.2. The number of benzene rings is 2. The molecule has 2 heterocycles. The number of carbonyl (C=O) groups is 2. The Morgan fingerprint density at radius 3 is 2.59 bits per heavy atom. The molecule has 2 aliphatic rings. The number of carbonyl (C=O) groups excluding carboxylic acids is 2. The van der Waals surface area contributed by atoms with Crippen LogP contribution in [0.5, 0.6) is 0 Å². The second kappa shape index (κ2) is 10.5. The first-order valence-corrected chi connectivity index (χ1v) is 12.9. The van der Waals surface area contributed by atoms with Crippen LogP contribution in [0.4, 0.5) is 41.1 Å². The molecule has 2 N–H and O–H groups in total. The second-order valence-corrected chi connectivity index (χ2v) is 9.98. The average molecular weight is 539 g/mol. The Morgan fingerprint density at radius 2 is 1.85 bits per heavy atom. The standard InChI is InChI=1S/C28H29F3N6O2/c1-17-11-12-22(33-25(38)18-7-6-8-20(13-18)28(29,30)31)14-23(17)37-16-19-15-32-26(34-21-9-4-3-5-10-21)35-24(19)36(2)27(37)39/h6-8,11-15,21H,3-5,9-10,16H2,1-2H3,(H,33,38)(H,32,34,35). The van der Waals surface area contributed by atoms with Gasteiger partial charge in [0.25, 0.3) is 5.91 Å². The van der Waals surface area contributed by atoms with E-state index < -0.39 is 17.6 Å². The molecule has 0 spiro atoms. The number of hydrogen-bond acceptors (Lipinski definition) is 5. The van der Waals surface area contributed by atoms with Crippen LogP contribution in [0.3, 0.4) is 0 Å². The number of aryl methyl sites for hydroxylation is 1. The van der Waals surface area contributed by atoms with Crippen molar-refractivity contribution in [3.8, 4) is 0 Å². The first kappa shape index (κ1) is 26.5. The molecule has 3 amide bonds. The van der Waals surface area contributed by atoms with Crippen LogP contribution in [-0.4, -0.2) is 35.0 Å². The van der Waals surface area contributed by atoms with Crippen molar-refractivity contribution in [3.05, 3.63) is 70.9 Å². The Kier molecular flexibility index (Phi) is 7.16. The van der Waals surface area contributed by atoms with E-state index in [1.54, 1.807) is 36.3 Å². The number of urea groups is 1. The van der Waals surface area contributed by atoms with E-state index >= 15 is 0 Å². The molecule has 0 atom stereocenters. The SMILES string of the molecule is Cc1ccc(NC(=O)c2cccc(C(F)(F)F)c2)cc1N1Cc2cnc(NC3CCCCC3)nc2N(C)C1=O. The summed E-state index contributed by atoms with van der Waals surface area (Å²) in [5.74, 6) is 0.357. The van der Waals surface area contributed by atoms with Crippen LogP contribution in [-0.2, 0) is 12.7 Å². The van der Waals surface area contributed by atoms with E-state index in [1.165, 1.54) is 36.3 Å². The molecule has 0 bridgehead atoms. The van der Waals surface area contributed by atoms with Crippen molar-refractivity contribution in [1.29, 1.82) is 0 Å². The minimum Gasteiger partial charge on any atom is -0.351 e. The van der Waals surface area contributed by atoms with E-state index in [0.29, 0.717) is 29.2 Å². The fourth-order valence-corrected chi connectivity index (χ4v) is 5.01. The number of alkyl halides is 3. The Hall–Kier alpha value is -4.15. The first-order chi connectivity index (χ1) is 18.6. The molecule has 0 unspecified atom stereocenters. The van der Waals surface area contributed by atoms with E-state index in [0.717, 1.165) is 36.1 Å². The molecule has 8 nitrogen and oxygen atoms in total. The van der Waals surface area contributed by atoms with Crippen molar-refractivity contribution >= 4 is 35.1 Å². The van der Waals surface area contributed by atoms with Crippen molar-refractivity contribution in [2.75, 3.05) is 27.5 Å². The van der Waals surface area contributed by atoms with E-state index in [1.807, 2.05) is 6.92 Å². The van der Waals surface area contributed by atoms with Gasteiger partial charge in [0.15, 0.2) is 0 Å². The lowest BCUT2D eigenvalue weighted by molar-refractivity contribution is -0.137. The van der Waals surface area contributed by atoms with Crippen LogP contribution < -0.4 is 20.4 Å². The highest BCUT2D eigenvalue weighted by molar-refractivity contribution is 6.07. The van der Waals surface area contributed by atoms with Gasteiger partial charge in [0.05, 0.1) is 17.8 Å². The summed E-state index contributed by atoms with van der Waals surface area (Å²) in [5, 5.41) is 6.04. The second-order valence-electron chi connectivity index (χ2n) is 9.98. The van der Waals surface area contributed by atoms with Gasteiger partial charge in [-0.3, -0.25) is 14.6 Å². The number of nitrogens with zero attached hydrogens (tertiary/aromatic N) is 4. The summed E-state index contributed by atoms with van der Waals surface area (Å²) >= 11 is 0. The van der Waals surface area contributed by atoms with Gasteiger partial charge in [-0.1, -0.05) is 31.4 Å². The van der Waals surface area contributed by atoms with E-state index in [-0.39, 0.29) is 18.1 Å². The smallest absolute Gasteiger partial charge is 0.351 e. The van der Waals surface area contributed by atoms with Gasteiger partial charge < -0.3 is 10.6 Å². The van der Waals surface area contributed by atoms with Crippen LogP contribution in [0, 0.1) is 6.92 Å². The number of fused-ring (bicyclic) bond motifs is 1. The zero-order valence-electron chi connectivity index (χ0n) is 21.7. The van der Waals surface area contributed by atoms with Gasteiger partial charge in [-0.05, 0) is 55.7 Å². The van der Waals surface area contributed by atoms with Crippen molar-refractivity contribution in [2.24, 2.45) is 0 Å². The van der Waals surface area contributed by atoms with E-state index in [9.17, 15) is 22.8 Å². The third-order valence-corrected chi connectivity index (χ3v) is 7.15. The van der Waals surface area contributed by atoms with E-state index in [4.69, 9.17) is 0 Å². The highest BCUT2D eigenvalue weighted by Crippen LogP contribution is 2.34. The van der Waals surface area contributed by atoms with Gasteiger partial charge in [-0.2, -0.15) is 18.2 Å². The molecule has 1 aliphatic heterocycles. The highest BCUT2D eigenvalue weighted by Gasteiger charge is 2.33. The van der Waals surface area contributed by atoms with Gasteiger partial charge in [-0.25, -0.2) is 9.78 Å². The molecular formula is C28H29F3N6O2. The molecular weight excluding hydrogens is 509 g/mol. The molecule has 1 fully saturated rings. The van der Waals surface area contributed by atoms with Crippen molar-refractivity contribution < 1.29 is 22.8 Å². The van der Waals surface area contributed by atoms with Crippen LogP contribution in [0.15, 0.2) is 48.7 Å². The molecule has 1 aliphatic carbocycles. The molecule has 204 valence electrons. The minimum atomic E-state index is -4.55. The molecule has 11 heteroatoms. The largest absolute Gasteiger partial charge is 0.416 e. The zero-order chi connectivity index (χ0) is 27.7. The quantitative estimate of drug-likeness (QED) is 0.394. The first-order valence-electron chi connectivity index (χ1n) is 12.9. The summed E-state index contributed by atoms with van der Waals surface area (Å²) in [6.45, 7) is 2.07. The summed E-state index contributed by atoms with van der Waals surface area (Å²) in [4.78, 5) is 38.3.